The maximum Gasteiger partial charge on any atom is 0.307 e. The Morgan fingerprint density at radius 1 is 1.00 bits per heavy atom. The first kappa shape index (κ1) is 19.8. The van der Waals surface area contributed by atoms with Crippen LogP contribution < -0.4 is 9.47 Å². The van der Waals surface area contributed by atoms with E-state index in [0.29, 0.717) is 24.7 Å². The zero-order valence-electron chi connectivity index (χ0n) is 14.7. The lowest BCUT2D eigenvalue weighted by Gasteiger charge is -2.18. The van der Waals surface area contributed by atoms with Gasteiger partial charge in [0.15, 0.2) is 33.7 Å². The van der Waals surface area contributed by atoms with E-state index < -0.39 is 46.2 Å². The number of hydrogen-bond acceptors (Lipinski definition) is 7. The second-order valence-electron chi connectivity index (χ2n) is 5.97. The molecule has 0 aliphatic carbocycles. The van der Waals surface area contributed by atoms with E-state index in [9.17, 15) is 22.4 Å². The lowest BCUT2D eigenvalue weighted by Crippen LogP contribution is -2.18. The Hall–Kier alpha value is -2.94. The van der Waals surface area contributed by atoms with E-state index in [1.807, 2.05) is 0 Å². The molecule has 1 aliphatic rings. The molecule has 1 aliphatic heterocycles. The third-order valence-electron chi connectivity index (χ3n) is 3.98. The highest BCUT2D eigenvalue weighted by Gasteiger charge is 2.21. The standard InChI is InChI=1S/C19H17FO7S/c20-14-3-1-13(2-4-14)16(21)12-27-19(22)7-10-28(23,24)15-5-6-17-18(11-15)26-9-8-25-17/h1-6,11H,7-10,12H2. The smallest absolute Gasteiger partial charge is 0.307 e. The summed E-state index contributed by atoms with van der Waals surface area (Å²) in [5, 5.41) is 0. The van der Waals surface area contributed by atoms with Crippen LogP contribution in [-0.2, 0) is 19.4 Å². The number of fused-ring (bicyclic) bond motifs is 1. The topological polar surface area (TPSA) is 96.0 Å². The molecule has 0 spiro atoms. The van der Waals surface area contributed by atoms with E-state index in [1.165, 1.54) is 30.3 Å². The van der Waals surface area contributed by atoms with Gasteiger partial charge in [0.25, 0.3) is 0 Å². The van der Waals surface area contributed by atoms with Crippen LogP contribution in [0.25, 0.3) is 0 Å². The van der Waals surface area contributed by atoms with Crippen molar-refractivity contribution in [3.05, 3.63) is 53.8 Å². The average Bonchev–Trinajstić information content (AvgIpc) is 2.70. The summed E-state index contributed by atoms with van der Waals surface area (Å²) in [5.41, 5.74) is 0.193. The van der Waals surface area contributed by atoms with E-state index in [2.05, 4.69) is 0 Å². The molecule has 0 unspecified atom stereocenters. The number of Topliss-reactive ketones (excluding diaryl/α,β-unsaturated/α-hetero) is 1. The summed E-state index contributed by atoms with van der Waals surface area (Å²) in [6.07, 6.45) is -0.409. The summed E-state index contributed by atoms with van der Waals surface area (Å²) in [5.74, 6) is -1.50. The molecule has 9 heteroatoms. The molecule has 28 heavy (non-hydrogen) atoms. The van der Waals surface area contributed by atoms with Gasteiger partial charge in [0.2, 0.25) is 0 Å². The van der Waals surface area contributed by atoms with Crippen molar-refractivity contribution in [3.8, 4) is 11.5 Å². The van der Waals surface area contributed by atoms with Gasteiger partial charge >= 0.3 is 5.97 Å². The highest BCUT2D eigenvalue weighted by Crippen LogP contribution is 2.32. The second-order valence-corrected chi connectivity index (χ2v) is 8.07. The molecule has 0 amide bonds. The lowest BCUT2D eigenvalue weighted by atomic mass is 10.1. The summed E-state index contributed by atoms with van der Waals surface area (Å²) >= 11 is 0. The van der Waals surface area contributed by atoms with Gasteiger partial charge in [-0.2, -0.15) is 0 Å². The van der Waals surface area contributed by atoms with Crippen molar-refractivity contribution in [3.63, 3.8) is 0 Å². The van der Waals surface area contributed by atoms with Crippen molar-refractivity contribution in [1.29, 1.82) is 0 Å². The van der Waals surface area contributed by atoms with E-state index in [4.69, 9.17) is 14.2 Å². The number of carbonyl (C=O) groups is 2. The minimum atomic E-state index is -3.75. The quantitative estimate of drug-likeness (QED) is 0.512. The molecule has 2 aromatic carbocycles. The molecule has 0 aromatic heterocycles. The number of ketones is 1. The number of rotatable bonds is 7. The first-order chi connectivity index (χ1) is 13.3. The van der Waals surface area contributed by atoms with Gasteiger partial charge in [0, 0.05) is 11.6 Å². The van der Waals surface area contributed by atoms with E-state index in [1.54, 1.807) is 0 Å². The van der Waals surface area contributed by atoms with Crippen LogP contribution in [0, 0.1) is 5.82 Å². The largest absolute Gasteiger partial charge is 0.486 e. The Labute approximate surface area is 160 Å². The number of halogens is 1. The molecule has 0 N–H and O–H groups in total. The average molecular weight is 408 g/mol. The second kappa shape index (κ2) is 8.39. The first-order valence-corrected chi connectivity index (χ1v) is 10.1. The summed E-state index contributed by atoms with van der Waals surface area (Å²) in [6.45, 7) is 0.168. The summed E-state index contributed by atoms with van der Waals surface area (Å²) < 4.78 is 53.2. The van der Waals surface area contributed by atoms with E-state index >= 15 is 0 Å². The highest BCUT2D eigenvalue weighted by molar-refractivity contribution is 7.91. The predicted molar refractivity (Wildman–Crippen MR) is 95.8 cm³/mol. The molecule has 148 valence electrons. The number of hydrogen-bond donors (Lipinski definition) is 0. The van der Waals surface area contributed by atoms with Crippen LogP contribution in [0.5, 0.6) is 11.5 Å². The molecule has 0 radical (unpaired) electrons. The van der Waals surface area contributed by atoms with Gasteiger partial charge < -0.3 is 14.2 Å². The van der Waals surface area contributed by atoms with E-state index in [0.717, 1.165) is 12.1 Å². The highest BCUT2D eigenvalue weighted by atomic mass is 32.2. The monoisotopic (exact) mass is 408 g/mol. The molecular weight excluding hydrogens is 391 g/mol. The van der Waals surface area contributed by atoms with Gasteiger partial charge in [-0.3, -0.25) is 9.59 Å². The molecule has 2 aromatic rings. The van der Waals surface area contributed by atoms with Gasteiger partial charge in [-0.25, -0.2) is 12.8 Å². The summed E-state index contributed by atoms with van der Waals surface area (Å²) in [4.78, 5) is 23.7. The van der Waals surface area contributed by atoms with Crippen LogP contribution in [0.15, 0.2) is 47.4 Å². The molecule has 0 fully saturated rings. The van der Waals surface area contributed by atoms with Crippen molar-refractivity contribution in [2.45, 2.75) is 11.3 Å². The fourth-order valence-electron chi connectivity index (χ4n) is 2.49. The Bertz CT molecular complexity index is 984. The van der Waals surface area contributed by atoms with Gasteiger partial charge in [0.05, 0.1) is 17.1 Å². The van der Waals surface area contributed by atoms with Crippen LogP contribution in [0.4, 0.5) is 4.39 Å². The third-order valence-corrected chi connectivity index (χ3v) is 5.69. The Morgan fingerprint density at radius 3 is 2.39 bits per heavy atom. The molecule has 0 bridgehead atoms. The fraction of sp³-hybridized carbons (Fsp3) is 0.263. The molecule has 3 rings (SSSR count). The fourth-order valence-corrected chi connectivity index (χ4v) is 3.72. The number of sulfone groups is 1. The van der Waals surface area contributed by atoms with Crippen molar-refractivity contribution < 1.29 is 36.6 Å². The van der Waals surface area contributed by atoms with Crippen LogP contribution >= 0.6 is 0 Å². The predicted octanol–water partition coefficient (Wildman–Crippen LogP) is 2.19. The van der Waals surface area contributed by atoms with E-state index in [-0.39, 0.29) is 10.5 Å². The normalized spacial score (nSPS) is 13.0. The first-order valence-electron chi connectivity index (χ1n) is 8.42. The zero-order chi connectivity index (χ0) is 20.1. The summed E-state index contributed by atoms with van der Waals surface area (Å²) in [6, 6.07) is 9.03. The van der Waals surface area contributed by atoms with Gasteiger partial charge in [-0.1, -0.05) is 0 Å². The molecule has 7 nitrogen and oxygen atoms in total. The van der Waals surface area contributed by atoms with Crippen LogP contribution in [0.3, 0.4) is 0 Å². The molecule has 1 heterocycles. The van der Waals surface area contributed by atoms with Crippen molar-refractivity contribution in [1.82, 2.24) is 0 Å². The van der Waals surface area contributed by atoms with Gasteiger partial charge in [-0.05, 0) is 36.4 Å². The minimum absolute atomic E-state index is 0.00642. The maximum atomic E-state index is 12.8. The summed E-state index contributed by atoms with van der Waals surface area (Å²) in [7, 11) is -3.75. The van der Waals surface area contributed by atoms with Crippen molar-refractivity contribution in [2.75, 3.05) is 25.6 Å². The van der Waals surface area contributed by atoms with Crippen LogP contribution in [0.1, 0.15) is 16.8 Å². The molecule has 0 saturated heterocycles. The van der Waals surface area contributed by atoms with Gasteiger partial charge in [-0.15, -0.1) is 0 Å². The number of benzene rings is 2. The van der Waals surface area contributed by atoms with Crippen molar-refractivity contribution in [2.24, 2.45) is 0 Å². The van der Waals surface area contributed by atoms with Gasteiger partial charge in [0.1, 0.15) is 19.0 Å². The molecule has 0 saturated carbocycles. The van der Waals surface area contributed by atoms with Crippen LogP contribution in [-0.4, -0.2) is 45.7 Å². The third kappa shape index (κ3) is 4.86. The SMILES string of the molecule is O=C(CCS(=O)(=O)c1ccc2c(c1)OCCO2)OCC(=O)c1ccc(F)cc1. The maximum absolute atomic E-state index is 12.8. The zero-order valence-corrected chi connectivity index (χ0v) is 15.5. The molecule has 0 atom stereocenters. The Morgan fingerprint density at radius 2 is 1.68 bits per heavy atom. The lowest BCUT2D eigenvalue weighted by molar-refractivity contribution is -0.142. The van der Waals surface area contributed by atoms with Crippen molar-refractivity contribution >= 4 is 21.6 Å². The number of esters is 1. The number of carbonyl (C=O) groups excluding carboxylic acids is 2. The Balaban J connectivity index is 1.53. The Kier molecular flexibility index (Phi) is 5.93. The molecular formula is C19H17FO7S. The minimum Gasteiger partial charge on any atom is -0.486 e. The van der Waals surface area contributed by atoms with Crippen LogP contribution in [0.2, 0.25) is 0 Å². The number of ether oxygens (including phenoxy) is 3.